The third kappa shape index (κ3) is 35.7. The van der Waals surface area contributed by atoms with Crippen LogP contribution in [0.1, 0.15) is 168 Å². The maximum absolute atomic E-state index is 13.2. The van der Waals surface area contributed by atoms with E-state index in [1.165, 1.54) is 25.7 Å². The van der Waals surface area contributed by atoms with Crippen LogP contribution in [0.3, 0.4) is 0 Å². The van der Waals surface area contributed by atoms with Gasteiger partial charge in [-0.15, -0.1) is 0 Å². The van der Waals surface area contributed by atoms with Crippen molar-refractivity contribution in [3.63, 3.8) is 0 Å². The van der Waals surface area contributed by atoms with E-state index in [1.54, 1.807) is 6.08 Å². The quantitative estimate of drug-likeness (QED) is 0.0204. The van der Waals surface area contributed by atoms with Gasteiger partial charge in [-0.1, -0.05) is 204 Å². The van der Waals surface area contributed by atoms with Gasteiger partial charge in [-0.25, -0.2) is 0 Å². The van der Waals surface area contributed by atoms with E-state index in [9.17, 15) is 45.6 Å². The van der Waals surface area contributed by atoms with Crippen LogP contribution >= 0.6 is 0 Å². The summed E-state index contributed by atoms with van der Waals surface area (Å²) in [5.41, 5.74) is 0. The highest BCUT2D eigenvalue weighted by Gasteiger charge is 2.51. The number of carbonyl (C=O) groups is 1. The highest BCUT2D eigenvalue weighted by Crippen LogP contribution is 2.30. The Kier molecular flexibility index (Phi) is 45.9. The summed E-state index contributed by atoms with van der Waals surface area (Å²) in [6, 6.07) is -0.960. The molecule has 0 aromatic rings. The molecule has 0 aliphatic carbocycles. The van der Waals surface area contributed by atoms with E-state index in [0.717, 1.165) is 109 Å². The maximum atomic E-state index is 13.2. The first-order chi connectivity index (χ1) is 40.1. The van der Waals surface area contributed by atoms with E-state index in [1.807, 2.05) is 6.08 Å². The summed E-state index contributed by atoms with van der Waals surface area (Å²) < 4.78 is 22.7. The van der Waals surface area contributed by atoms with Crippen molar-refractivity contribution < 1.29 is 64.6 Å². The lowest BCUT2D eigenvalue weighted by molar-refractivity contribution is -0.359. The SMILES string of the molecule is CC/C=C\C/C=C\C/C=C\C/C=C\C/C=C\C/C=C\C/C=C\C/C=C\C/C=C\C/C=C\C/C=C\CCCCCC(=O)NC(COC1OC(CO)C(OC2OC(CO)C(O)C(O)C2O)C(O)C1O)C(O)/C=C/CC/C=C/CCCCCCC. The maximum Gasteiger partial charge on any atom is 0.220 e. The average Bonchev–Trinajstić information content (AvgIpc) is 3.22. The van der Waals surface area contributed by atoms with Crippen LogP contribution in [0.4, 0.5) is 0 Å². The molecule has 2 heterocycles. The minimum atomic E-state index is -1.80. The molecule has 12 atom stereocenters. The van der Waals surface area contributed by atoms with Crippen LogP contribution in [-0.4, -0.2) is 140 Å². The first-order valence-corrected chi connectivity index (χ1v) is 30.7. The highest BCUT2D eigenvalue weighted by atomic mass is 16.7. The van der Waals surface area contributed by atoms with Crippen LogP contribution in [0.5, 0.6) is 0 Å². The summed E-state index contributed by atoms with van der Waals surface area (Å²) in [6.45, 7) is 2.57. The Morgan fingerprint density at radius 2 is 0.854 bits per heavy atom. The number of allylic oxidation sites excluding steroid dienone is 25. The number of hydrogen-bond acceptors (Lipinski definition) is 13. The van der Waals surface area contributed by atoms with Crippen molar-refractivity contribution >= 4 is 5.91 Å². The topological polar surface area (TPSA) is 228 Å². The zero-order valence-electron chi connectivity index (χ0n) is 49.7. The van der Waals surface area contributed by atoms with Crippen LogP contribution in [0.25, 0.3) is 0 Å². The molecule has 2 saturated heterocycles. The fourth-order valence-corrected chi connectivity index (χ4v) is 8.78. The molecule has 2 aliphatic heterocycles. The van der Waals surface area contributed by atoms with Crippen molar-refractivity contribution in [2.75, 3.05) is 19.8 Å². The molecule has 2 rings (SSSR count). The van der Waals surface area contributed by atoms with E-state index < -0.39 is 86.8 Å². The summed E-state index contributed by atoms with van der Waals surface area (Å²) in [6.07, 6.45) is 61.6. The van der Waals surface area contributed by atoms with Crippen LogP contribution in [-0.2, 0) is 23.7 Å². The molecule has 2 fully saturated rings. The molecule has 1 amide bonds. The van der Waals surface area contributed by atoms with E-state index in [4.69, 9.17) is 18.9 Å². The minimum Gasteiger partial charge on any atom is -0.394 e. The van der Waals surface area contributed by atoms with Crippen LogP contribution in [0, 0.1) is 0 Å². The second-order valence-corrected chi connectivity index (χ2v) is 20.7. The molecule has 0 saturated carbocycles. The molecule has 0 radical (unpaired) electrons. The van der Waals surface area contributed by atoms with Crippen molar-refractivity contribution in [2.45, 2.75) is 242 Å². The third-order valence-electron chi connectivity index (χ3n) is 13.7. The van der Waals surface area contributed by atoms with Gasteiger partial charge in [0.1, 0.15) is 48.8 Å². The third-order valence-corrected chi connectivity index (χ3v) is 13.7. The molecular weight excluding hydrogens is 1040 g/mol. The van der Waals surface area contributed by atoms with Gasteiger partial charge < -0.3 is 65.1 Å². The molecular formula is C68H107NO13. The number of nitrogens with one attached hydrogen (secondary N) is 1. The predicted molar refractivity (Wildman–Crippen MR) is 331 cm³/mol. The molecule has 82 heavy (non-hydrogen) atoms. The largest absolute Gasteiger partial charge is 0.394 e. The zero-order chi connectivity index (χ0) is 59.5. The lowest BCUT2D eigenvalue weighted by atomic mass is 9.97. The monoisotopic (exact) mass is 1150 g/mol. The Morgan fingerprint density at radius 3 is 1.33 bits per heavy atom. The van der Waals surface area contributed by atoms with E-state index in [-0.39, 0.29) is 18.9 Å². The van der Waals surface area contributed by atoms with Gasteiger partial charge in [-0.2, -0.15) is 0 Å². The fraction of sp³-hybridized carbons (Fsp3) is 0.603. The van der Waals surface area contributed by atoms with Crippen LogP contribution in [0.2, 0.25) is 0 Å². The summed E-state index contributed by atoms with van der Waals surface area (Å²) in [5.74, 6) is -0.291. The fourth-order valence-electron chi connectivity index (χ4n) is 8.78. The molecule has 0 spiro atoms. The molecule has 14 heteroatoms. The lowest BCUT2D eigenvalue weighted by Crippen LogP contribution is -2.65. The summed E-state index contributed by atoms with van der Waals surface area (Å²) in [5, 5.41) is 86.8. The Balaban J connectivity index is 1.69. The molecule has 0 bridgehead atoms. The van der Waals surface area contributed by atoms with Gasteiger partial charge in [-0.3, -0.25) is 4.79 Å². The molecule has 0 aromatic carbocycles. The number of ether oxygens (including phenoxy) is 4. The first-order valence-electron chi connectivity index (χ1n) is 30.7. The van der Waals surface area contributed by atoms with E-state index in [2.05, 4.69) is 165 Å². The second kappa shape index (κ2) is 51.1. The molecule has 12 unspecified atom stereocenters. The van der Waals surface area contributed by atoms with Crippen molar-refractivity contribution in [3.8, 4) is 0 Å². The van der Waals surface area contributed by atoms with E-state index >= 15 is 0 Å². The second-order valence-electron chi connectivity index (χ2n) is 20.7. The van der Waals surface area contributed by atoms with Gasteiger partial charge in [-0.05, 0) is 116 Å². The minimum absolute atomic E-state index is 0.222. The number of hydrogen-bond donors (Lipinski definition) is 9. The Labute approximate surface area is 493 Å². The Morgan fingerprint density at radius 1 is 0.451 bits per heavy atom. The number of amides is 1. The van der Waals surface area contributed by atoms with Gasteiger partial charge in [0.2, 0.25) is 5.91 Å². The summed E-state index contributed by atoms with van der Waals surface area (Å²) in [7, 11) is 0. The number of unbranched alkanes of at least 4 members (excludes halogenated alkanes) is 9. The summed E-state index contributed by atoms with van der Waals surface area (Å²) in [4.78, 5) is 13.2. The van der Waals surface area contributed by atoms with Crippen molar-refractivity contribution in [2.24, 2.45) is 0 Å². The van der Waals surface area contributed by atoms with Gasteiger partial charge in [0, 0.05) is 6.42 Å². The number of carbonyl (C=O) groups excluding carboxylic acids is 1. The Bertz CT molecular complexity index is 1980. The normalized spacial score (nSPS) is 25.1. The average molecular weight is 1150 g/mol. The van der Waals surface area contributed by atoms with Gasteiger partial charge in [0.05, 0.1) is 32.0 Å². The van der Waals surface area contributed by atoms with Crippen LogP contribution in [0.15, 0.2) is 158 Å². The van der Waals surface area contributed by atoms with Gasteiger partial charge >= 0.3 is 0 Å². The molecule has 9 N–H and O–H groups in total. The van der Waals surface area contributed by atoms with Crippen LogP contribution < -0.4 is 5.32 Å². The lowest BCUT2D eigenvalue weighted by Gasteiger charge is -2.46. The molecule has 14 nitrogen and oxygen atoms in total. The van der Waals surface area contributed by atoms with Crippen molar-refractivity contribution in [3.05, 3.63) is 158 Å². The standard InChI is InChI=1S/C68H107NO13/c1-3-5-7-9-11-13-15-16-17-18-19-20-21-22-23-24-25-26-27-28-29-30-31-32-33-34-35-36-37-38-39-40-42-44-46-48-50-52-60(73)69-56(57(72)51-49-47-45-43-41-14-12-10-8-6-4-2)55-79-67-65(78)63(76)66(59(54-71)81-67)82-68-64(77)62(75)61(74)58(53-70)80-68/h5,7,11,13,16-17,19-20,22-23,25-26,28-29,31-32,34-35,37-38,40-43,49,51,56-59,61-68,70-72,74-78H,3-4,6,8-10,12,14-15,18,21,24,27,30,33,36,39,44-48,50,52-55H2,1-2H3,(H,69,73)/b7-5-,13-11-,17-16-,20-19-,23-22-,26-25-,29-28-,32-31-,35-34-,38-37-,42-40-,43-41+,51-49+. The molecule has 0 aromatic heterocycles. The van der Waals surface area contributed by atoms with Gasteiger partial charge in [0.15, 0.2) is 12.6 Å². The van der Waals surface area contributed by atoms with Gasteiger partial charge in [0.25, 0.3) is 0 Å². The Hall–Kier alpha value is -4.39. The van der Waals surface area contributed by atoms with E-state index in [0.29, 0.717) is 12.8 Å². The molecule has 2 aliphatic rings. The highest BCUT2D eigenvalue weighted by molar-refractivity contribution is 5.76. The predicted octanol–water partition coefficient (Wildman–Crippen LogP) is 11.1. The van der Waals surface area contributed by atoms with Crippen molar-refractivity contribution in [1.29, 1.82) is 0 Å². The first kappa shape index (κ1) is 73.7. The molecule has 462 valence electrons. The number of aliphatic hydroxyl groups excluding tert-OH is 8. The number of aliphatic hydroxyl groups is 8. The smallest absolute Gasteiger partial charge is 0.220 e. The summed E-state index contributed by atoms with van der Waals surface area (Å²) >= 11 is 0. The zero-order valence-corrected chi connectivity index (χ0v) is 49.7. The van der Waals surface area contributed by atoms with Crippen molar-refractivity contribution in [1.82, 2.24) is 5.32 Å². The number of rotatable bonds is 46.